The molecule has 0 radical (unpaired) electrons. The lowest BCUT2D eigenvalue weighted by Gasteiger charge is -2.41. The van der Waals surface area contributed by atoms with Crippen molar-refractivity contribution in [3.8, 4) is 0 Å². The summed E-state index contributed by atoms with van der Waals surface area (Å²) in [5.74, 6) is 0.383. The first-order chi connectivity index (χ1) is 8.21. The van der Waals surface area contributed by atoms with Crippen molar-refractivity contribution in [2.45, 2.75) is 64.2 Å². The van der Waals surface area contributed by atoms with E-state index < -0.39 is 0 Å². The third-order valence-corrected chi connectivity index (χ3v) is 4.66. The van der Waals surface area contributed by atoms with E-state index in [0.717, 1.165) is 25.9 Å². The number of piperidine rings is 1. The second kappa shape index (κ2) is 4.73. The molecule has 104 valence electrons. The van der Waals surface area contributed by atoms with Gasteiger partial charge in [-0.2, -0.15) is 0 Å². The molecule has 2 rings (SSSR count). The fourth-order valence-corrected chi connectivity index (χ4v) is 3.82. The van der Waals surface area contributed by atoms with E-state index in [1.54, 1.807) is 0 Å². The Bertz CT molecular complexity index is 341. The number of likely N-dealkylation sites (tertiary alicyclic amines) is 1. The summed E-state index contributed by atoms with van der Waals surface area (Å²) in [6.45, 7) is 10.9. The van der Waals surface area contributed by atoms with Crippen molar-refractivity contribution in [1.82, 2.24) is 4.90 Å². The van der Waals surface area contributed by atoms with Crippen molar-refractivity contribution in [3.63, 3.8) is 0 Å². The normalized spacial score (nSPS) is 35.6. The standard InChI is InChI=1S/C14H26N2OS/c1-13(2)8-11(14(3,4)17-13)16-7-5-6-10(9-16)12(15)18/h10-11H,5-9H2,1-4H3,(H2,15,18). The molecule has 2 N–H and O–H groups in total. The van der Waals surface area contributed by atoms with Gasteiger partial charge in [0.2, 0.25) is 0 Å². The molecule has 2 atom stereocenters. The van der Waals surface area contributed by atoms with Crippen LogP contribution in [0.5, 0.6) is 0 Å². The van der Waals surface area contributed by atoms with E-state index in [4.69, 9.17) is 22.7 Å². The van der Waals surface area contributed by atoms with Crippen LogP contribution in [0.2, 0.25) is 0 Å². The van der Waals surface area contributed by atoms with Gasteiger partial charge in [-0.15, -0.1) is 0 Å². The van der Waals surface area contributed by atoms with E-state index in [2.05, 4.69) is 32.6 Å². The molecule has 18 heavy (non-hydrogen) atoms. The average Bonchev–Trinajstić information content (AvgIpc) is 2.47. The minimum Gasteiger partial charge on any atom is -0.393 e. The zero-order valence-electron chi connectivity index (χ0n) is 12.0. The summed E-state index contributed by atoms with van der Waals surface area (Å²) in [5, 5.41) is 0. The van der Waals surface area contributed by atoms with Crippen molar-refractivity contribution in [1.29, 1.82) is 0 Å². The zero-order valence-corrected chi connectivity index (χ0v) is 12.8. The summed E-state index contributed by atoms with van der Waals surface area (Å²) in [6.07, 6.45) is 3.42. The van der Waals surface area contributed by atoms with Crippen LogP contribution in [0.1, 0.15) is 47.0 Å². The molecule has 2 aliphatic heterocycles. The Morgan fingerprint density at radius 2 is 2.00 bits per heavy atom. The minimum atomic E-state index is -0.0817. The molecular weight excluding hydrogens is 244 g/mol. The van der Waals surface area contributed by atoms with Crippen LogP contribution in [0.4, 0.5) is 0 Å². The van der Waals surface area contributed by atoms with Crippen molar-refractivity contribution < 1.29 is 4.74 Å². The van der Waals surface area contributed by atoms with E-state index in [-0.39, 0.29) is 11.2 Å². The van der Waals surface area contributed by atoms with Gasteiger partial charge in [0.05, 0.1) is 16.2 Å². The molecule has 0 aromatic carbocycles. The number of nitrogens with two attached hydrogens (primary N) is 1. The average molecular weight is 270 g/mol. The first kappa shape index (κ1) is 14.2. The maximum absolute atomic E-state index is 6.19. The quantitative estimate of drug-likeness (QED) is 0.782. The van der Waals surface area contributed by atoms with Crippen LogP contribution in [-0.4, -0.2) is 40.2 Å². The Kier molecular flexibility index (Phi) is 3.74. The van der Waals surface area contributed by atoms with Crippen molar-refractivity contribution in [2.24, 2.45) is 11.7 Å². The van der Waals surface area contributed by atoms with Crippen LogP contribution in [0.3, 0.4) is 0 Å². The van der Waals surface area contributed by atoms with E-state index in [0.29, 0.717) is 16.9 Å². The highest BCUT2D eigenvalue weighted by atomic mass is 32.1. The van der Waals surface area contributed by atoms with Gasteiger partial charge < -0.3 is 10.5 Å². The van der Waals surface area contributed by atoms with Gasteiger partial charge in [-0.3, -0.25) is 4.90 Å². The van der Waals surface area contributed by atoms with Gasteiger partial charge in [0.25, 0.3) is 0 Å². The van der Waals surface area contributed by atoms with Crippen molar-refractivity contribution in [2.75, 3.05) is 13.1 Å². The first-order valence-corrected chi connectivity index (χ1v) is 7.36. The van der Waals surface area contributed by atoms with Gasteiger partial charge in [-0.25, -0.2) is 0 Å². The van der Waals surface area contributed by atoms with E-state index in [1.807, 2.05) is 0 Å². The summed E-state index contributed by atoms with van der Waals surface area (Å²) >= 11 is 5.17. The Hall–Kier alpha value is -0.190. The Morgan fingerprint density at radius 3 is 2.50 bits per heavy atom. The Labute approximate surface area is 116 Å². The zero-order chi connectivity index (χ0) is 13.6. The highest BCUT2D eigenvalue weighted by molar-refractivity contribution is 7.80. The number of ether oxygens (including phenoxy) is 1. The predicted octanol–water partition coefficient (Wildman–Crippen LogP) is 2.33. The minimum absolute atomic E-state index is 0.0235. The number of rotatable bonds is 2. The summed E-state index contributed by atoms with van der Waals surface area (Å²) in [6, 6.07) is 0.477. The molecule has 0 amide bonds. The number of hydrogen-bond acceptors (Lipinski definition) is 3. The molecule has 4 heteroatoms. The van der Waals surface area contributed by atoms with Gasteiger partial charge in [0.1, 0.15) is 0 Å². The second-order valence-corrected chi connectivity index (χ2v) is 7.39. The highest BCUT2D eigenvalue weighted by Crippen LogP contribution is 2.41. The third-order valence-electron chi connectivity index (χ3n) is 4.32. The van der Waals surface area contributed by atoms with Gasteiger partial charge in [-0.1, -0.05) is 12.2 Å². The summed E-state index contributed by atoms with van der Waals surface area (Å²) in [4.78, 5) is 3.22. The van der Waals surface area contributed by atoms with Crippen LogP contribution >= 0.6 is 12.2 Å². The molecule has 2 saturated heterocycles. The molecule has 0 bridgehead atoms. The molecule has 2 aliphatic rings. The van der Waals surface area contributed by atoms with E-state index >= 15 is 0 Å². The van der Waals surface area contributed by atoms with Crippen LogP contribution < -0.4 is 5.73 Å². The Morgan fingerprint density at radius 1 is 1.33 bits per heavy atom. The molecule has 2 heterocycles. The molecule has 3 nitrogen and oxygen atoms in total. The van der Waals surface area contributed by atoms with E-state index in [9.17, 15) is 0 Å². The van der Waals surface area contributed by atoms with Gasteiger partial charge >= 0.3 is 0 Å². The highest BCUT2D eigenvalue weighted by Gasteiger charge is 2.49. The summed E-state index contributed by atoms with van der Waals surface area (Å²) in [7, 11) is 0. The second-order valence-electron chi connectivity index (χ2n) is 6.92. The SMILES string of the molecule is CC1(C)CC(N2CCCC(C(N)=S)C2)C(C)(C)O1. The molecular formula is C14H26N2OS. The monoisotopic (exact) mass is 270 g/mol. The van der Waals surface area contributed by atoms with Crippen LogP contribution in [0.25, 0.3) is 0 Å². The van der Waals surface area contributed by atoms with Gasteiger partial charge in [0.15, 0.2) is 0 Å². The fraction of sp³-hybridized carbons (Fsp3) is 0.929. The largest absolute Gasteiger partial charge is 0.393 e. The van der Waals surface area contributed by atoms with Crippen LogP contribution in [-0.2, 0) is 4.74 Å². The smallest absolute Gasteiger partial charge is 0.0789 e. The topological polar surface area (TPSA) is 38.5 Å². The lowest BCUT2D eigenvalue weighted by Crippen LogP contribution is -2.51. The molecule has 0 aliphatic carbocycles. The maximum atomic E-state index is 6.19. The Balaban J connectivity index is 2.09. The first-order valence-electron chi connectivity index (χ1n) is 6.95. The maximum Gasteiger partial charge on any atom is 0.0789 e. The number of nitrogens with zero attached hydrogens (tertiary/aromatic N) is 1. The number of hydrogen-bond donors (Lipinski definition) is 1. The van der Waals surface area contributed by atoms with Crippen LogP contribution in [0, 0.1) is 5.92 Å². The van der Waals surface area contributed by atoms with E-state index in [1.165, 1.54) is 6.42 Å². The predicted molar refractivity (Wildman–Crippen MR) is 78.7 cm³/mol. The lowest BCUT2D eigenvalue weighted by atomic mass is 9.89. The molecule has 0 aromatic rings. The lowest BCUT2D eigenvalue weighted by molar-refractivity contribution is -0.0825. The fourth-order valence-electron chi connectivity index (χ4n) is 3.62. The molecule has 0 aromatic heterocycles. The molecule has 0 saturated carbocycles. The number of thiocarbonyl (C=S) groups is 1. The molecule has 2 fully saturated rings. The van der Waals surface area contributed by atoms with Crippen LogP contribution in [0.15, 0.2) is 0 Å². The summed E-state index contributed by atoms with van der Waals surface area (Å²) < 4.78 is 6.19. The van der Waals surface area contributed by atoms with Gasteiger partial charge in [-0.05, 0) is 53.5 Å². The van der Waals surface area contributed by atoms with Gasteiger partial charge in [0, 0.05) is 18.5 Å². The molecule has 2 unspecified atom stereocenters. The summed E-state index contributed by atoms with van der Waals surface area (Å²) in [5.41, 5.74) is 5.72. The van der Waals surface area contributed by atoms with Crippen molar-refractivity contribution >= 4 is 17.2 Å². The third kappa shape index (κ3) is 2.86. The molecule has 0 spiro atoms. The van der Waals surface area contributed by atoms with Crippen molar-refractivity contribution in [3.05, 3.63) is 0 Å².